The molecule has 0 rings (SSSR count). The molecule has 4 nitrogen and oxygen atoms in total. The molecule has 0 aliphatic carbocycles. The minimum atomic E-state index is 0.423. The van der Waals surface area contributed by atoms with Crippen LogP contribution >= 0.6 is 0 Å². The molecule has 0 aromatic heterocycles. The first-order valence-corrected chi connectivity index (χ1v) is 5.80. The summed E-state index contributed by atoms with van der Waals surface area (Å²) in [5.74, 6) is 6.87. The van der Waals surface area contributed by atoms with Crippen LogP contribution in [0.25, 0.3) is 0 Å². The highest BCUT2D eigenvalue weighted by Gasteiger charge is 2.12. The third kappa shape index (κ3) is 5.62. The number of nitrogens with one attached hydrogen (secondary N) is 1. The summed E-state index contributed by atoms with van der Waals surface area (Å²) in [7, 11) is 0. The average molecular weight is 214 g/mol. The predicted octanol–water partition coefficient (Wildman–Crippen LogP) is 1.58. The molecule has 0 aromatic rings. The fourth-order valence-electron chi connectivity index (χ4n) is 1.34. The van der Waals surface area contributed by atoms with Gasteiger partial charge in [-0.3, -0.25) is 10.4 Å². The Labute approximate surface area is 93.9 Å². The van der Waals surface area contributed by atoms with Gasteiger partial charge in [0, 0.05) is 19.1 Å². The Hall–Kier alpha value is -0.770. The van der Waals surface area contributed by atoms with E-state index in [0.29, 0.717) is 12.0 Å². The van der Waals surface area contributed by atoms with Gasteiger partial charge in [-0.2, -0.15) is 0 Å². The largest absolute Gasteiger partial charge is 0.340 e. The lowest BCUT2D eigenvalue weighted by molar-refractivity contribution is 0.336. The highest BCUT2D eigenvalue weighted by molar-refractivity contribution is 5.79. The summed E-state index contributed by atoms with van der Waals surface area (Å²) in [5.41, 5.74) is 2.70. The Balaban J connectivity index is 4.50. The third-order valence-electron chi connectivity index (χ3n) is 2.10. The molecule has 0 saturated heterocycles. The van der Waals surface area contributed by atoms with Gasteiger partial charge in [-0.15, -0.1) is 0 Å². The summed E-state index contributed by atoms with van der Waals surface area (Å²) in [6.45, 7) is 12.6. The first-order chi connectivity index (χ1) is 7.02. The van der Waals surface area contributed by atoms with Crippen molar-refractivity contribution in [3.8, 4) is 0 Å². The zero-order valence-corrected chi connectivity index (χ0v) is 10.7. The Kier molecular flexibility index (Phi) is 7.13. The Morgan fingerprint density at radius 1 is 1.33 bits per heavy atom. The Bertz CT molecular complexity index is 187. The molecule has 3 N–H and O–H groups in total. The van der Waals surface area contributed by atoms with Crippen LogP contribution in [0.1, 0.15) is 41.0 Å². The molecule has 0 radical (unpaired) electrons. The molecule has 0 aliphatic rings. The fraction of sp³-hybridized carbons (Fsp3) is 0.909. The number of nitrogens with two attached hydrogens (primary N) is 1. The third-order valence-corrected chi connectivity index (χ3v) is 2.10. The van der Waals surface area contributed by atoms with Crippen molar-refractivity contribution in [3.05, 3.63) is 0 Å². The van der Waals surface area contributed by atoms with Gasteiger partial charge in [0.2, 0.25) is 5.96 Å². The minimum Gasteiger partial charge on any atom is -0.340 e. The second kappa shape index (κ2) is 7.51. The standard InChI is InChI=1S/C11H26N4/c1-6-7-15(10(4)5)11(14-12)13-8-9(2)3/h9-10H,6-8,12H2,1-5H3,(H,13,14). The molecule has 0 saturated carbocycles. The maximum atomic E-state index is 5.51. The van der Waals surface area contributed by atoms with Gasteiger partial charge in [0.05, 0.1) is 0 Å². The predicted molar refractivity (Wildman–Crippen MR) is 66.6 cm³/mol. The number of hydrazine groups is 1. The van der Waals surface area contributed by atoms with Gasteiger partial charge in [-0.05, 0) is 26.2 Å². The van der Waals surface area contributed by atoms with E-state index in [4.69, 9.17) is 5.84 Å². The minimum absolute atomic E-state index is 0.423. The van der Waals surface area contributed by atoms with Gasteiger partial charge in [-0.1, -0.05) is 20.8 Å². The van der Waals surface area contributed by atoms with E-state index in [9.17, 15) is 0 Å². The summed E-state index contributed by atoms with van der Waals surface area (Å²) >= 11 is 0. The van der Waals surface area contributed by atoms with E-state index in [-0.39, 0.29) is 0 Å². The molecule has 90 valence electrons. The van der Waals surface area contributed by atoms with Crippen molar-refractivity contribution < 1.29 is 0 Å². The first-order valence-electron chi connectivity index (χ1n) is 5.80. The van der Waals surface area contributed by atoms with E-state index in [1.807, 2.05) is 0 Å². The maximum Gasteiger partial charge on any atom is 0.208 e. The SMILES string of the molecule is CCCN(C(=NCC(C)C)NN)C(C)C. The normalized spacial score (nSPS) is 12.4. The van der Waals surface area contributed by atoms with E-state index in [1.165, 1.54) is 0 Å². The quantitative estimate of drug-likeness (QED) is 0.316. The summed E-state index contributed by atoms with van der Waals surface area (Å²) in [6, 6.07) is 0.423. The van der Waals surface area contributed by atoms with Crippen molar-refractivity contribution in [2.24, 2.45) is 16.8 Å². The van der Waals surface area contributed by atoms with Crippen LogP contribution in [0.3, 0.4) is 0 Å². The molecule has 0 bridgehead atoms. The van der Waals surface area contributed by atoms with Crippen LogP contribution in [0, 0.1) is 5.92 Å². The van der Waals surface area contributed by atoms with Crippen molar-refractivity contribution in [3.63, 3.8) is 0 Å². The molecule has 0 aromatic carbocycles. The molecule has 15 heavy (non-hydrogen) atoms. The van der Waals surface area contributed by atoms with E-state index >= 15 is 0 Å². The molecule has 4 heteroatoms. The number of guanidine groups is 1. The van der Waals surface area contributed by atoms with Crippen LogP contribution in [0.2, 0.25) is 0 Å². The lowest BCUT2D eigenvalue weighted by atomic mass is 10.2. The summed E-state index contributed by atoms with van der Waals surface area (Å²) in [6.07, 6.45) is 1.10. The van der Waals surface area contributed by atoms with E-state index < -0.39 is 0 Å². The van der Waals surface area contributed by atoms with Crippen LogP contribution in [0.15, 0.2) is 4.99 Å². The fourth-order valence-corrected chi connectivity index (χ4v) is 1.34. The highest BCUT2D eigenvalue weighted by atomic mass is 15.4. The Morgan fingerprint density at radius 3 is 2.27 bits per heavy atom. The van der Waals surface area contributed by atoms with Crippen molar-refractivity contribution >= 4 is 5.96 Å². The van der Waals surface area contributed by atoms with Gasteiger partial charge < -0.3 is 4.90 Å². The van der Waals surface area contributed by atoms with Crippen LogP contribution in [0.4, 0.5) is 0 Å². The van der Waals surface area contributed by atoms with Crippen molar-refractivity contribution in [2.75, 3.05) is 13.1 Å². The Morgan fingerprint density at radius 2 is 1.93 bits per heavy atom. The van der Waals surface area contributed by atoms with Crippen LogP contribution in [-0.4, -0.2) is 30.0 Å². The molecular formula is C11H26N4. The van der Waals surface area contributed by atoms with Gasteiger partial charge >= 0.3 is 0 Å². The average Bonchev–Trinajstić information content (AvgIpc) is 2.16. The molecule has 0 fully saturated rings. The van der Waals surface area contributed by atoms with Gasteiger partial charge in [0.15, 0.2) is 0 Å². The maximum absolute atomic E-state index is 5.51. The van der Waals surface area contributed by atoms with Crippen LogP contribution in [-0.2, 0) is 0 Å². The van der Waals surface area contributed by atoms with Gasteiger partial charge in [0.1, 0.15) is 0 Å². The lowest BCUT2D eigenvalue weighted by Gasteiger charge is -2.29. The second-order valence-corrected chi connectivity index (χ2v) is 4.49. The number of nitrogens with zero attached hydrogens (tertiary/aromatic N) is 2. The molecule has 0 spiro atoms. The molecule has 0 atom stereocenters. The van der Waals surface area contributed by atoms with Gasteiger partial charge in [0.25, 0.3) is 0 Å². The van der Waals surface area contributed by atoms with Crippen molar-refractivity contribution in [1.82, 2.24) is 10.3 Å². The smallest absolute Gasteiger partial charge is 0.208 e. The van der Waals surface area contributed by atoms with Crippen LogP contribution in [0.5, 0.6) is 0 Å². The van der Waals surface area contributed by atoms with E-state index in [0.717, 1.165) is 25.5 Å². The lowest BCUT2D eigenvalue weighted by Crippen LogP contribution is -2.48. The molecule has 0 unspecified atom stereocenters. The zero-order valence-electron chi connectivity index (χ0n) is 10.7. The van der Waals surface area contributed by atoms with E-state index in [2.05, 4.69) is 49.9 Å². The number of hydrogen-bond donors (Lipinski definition) is 2. The van der Waals surface area contributed by atoms with E-state index in [1.54, 1.807) is 0 Å². The molecule has 0 amide bonds. The van der Waals surface area contributed by atoms with Gasteiger partial charge in [-0.25, -0.2) is 5.84 Å². The van der Waals surface area contributed by atoms with Crippen LogP contribution < -0.4 is 11.3 Å². The van der Waals surface area contributed by atoms with Crippen molar-refractivity contribution in [1.29, 1.82) is 0 Å². The molecule has 0 aliphatic heterocycles. The highest BCUT2D eigenvalue weighted by Crippen LogP contribution is 2.01. The summed E-state index contributed by atoms with van der Waals surface area (Å²) < 4.78 is 0. The summed E-state index contributed by atoms with van der Waals surface area (Å²) in [5, 5.41) is 0. The monoisotopic (exact) mass is 214 g/mol. The first kappa shape index (κ1) is 14.2. The topological polar surface area (TPSA) is 53.6 Å². The number of rotatable bonds is 5. The molecular weight excluding hydrogens is 188 g/mol. The second-order valence-electron chi connectivity index (χ2n) is 4.49. The summed E-state index contributed by atoms with van der Waals surface area (Å²) in [4.78, 5) is 6.69. The molecule has 0 heterocycles. The number of aliphatic imine (C=N–C) groups is 1. The number of hydrogen-bond acceptors (Lipinski definition) is 2. The zero-order chi connectivity index (χ0) is 11.8. The van der Waals surface area contributed by atoms with Crippen molar-refractivity contribution in [2.45, 2.75) is 47.1 Å².